The largest absolute Gasteiger partial charge is 0.573 e. The van der Waals surface area contributed by atoms with Gasteiger partial charge >= 0.3 is 6.36 Å². The molecule has 0 aromatic heterocycles. The quantitative estimate of drug-likeness (QED) is 0.689. The number of ether oxygens (including phenoxy) is 1. The van der Waals surface area contributed by atoms with Crippen LogP contribution in [0.4, 0.5) is 24.5 Å². The molecule has 0 fully saturated rings. The van der Waals surface area contributed by atoms with Gasteiger partial charge in [-0.2, -0.15) is 0 Å². The third-order valence-corrected chi connectivity index (χ3v) is 3.51. The number of halogens is 3. The maximum absolute atomic E-state index is 12.1. The van der Waals surface area contributed by atoms with Crippen LogP contribution in [0, 0.1) is 5.41 Å². The van der Waals surface area contributed by atoms with Crippen molar-refractivity contribution in [1.82, 2.24) is 0 Å². The zero-order chi connectivity index (χ0) is 20.1. The molecule has 2 aromatic rings. The first kappa shape index (κ1) is 20.6. The topological polar surface area (TPSA) is 50.4 Å². The molecule has 0 saturated carbocycles. The van der Waals surface area contributed by atoms with Gasteiger partial charge in [-0.05, 0) is 47.4 Å². The van der Waals surface area contributed by atoms with Crippen LogP contribution in [0.2, 0.25) is 0 Å². The number of nitrogens with one attached hydrogen (secondary N) is 2. The van der Waals surface area contributed by atoms with Crippen LogP contribution >= 0.6 is 0 Å². The third-order valence-electron chi connectivity index (χ3n) is 3.51. The molecule has 0 atom stereocenters. The summed E-state index contributed by atoms with van der Waals surface area (Å²) in [6.07, 6.45) is -4.26. The van der Waals surface area contributed by atoms with E-state index in [0.29, 0.717) is 18.7 Å². The van der Waals surface area contributed by atoms with E-state index in [-0.39, 0.29) is 17.1 Å². The highest BCUT2D eigenvalue weighted by atomic mass is 19.4. The monoisotopic (exact) mass is 380 g/mol. The first-order valence-electron chi connectivity index (χ1n) is 8.49. The lowest BCUT2D eigenvalue weighted by molar-refractivity contribution is -0.274. The first-order valence-corrected chi connectivity index (χ1v) is 8.49. The van der Waals surface area contributed by atoms with Crippen molar-refractivity contribution in [3.63, 3.8) is 0 Å². The molecule has 2 aromatic carbocycles. The van der Waals surface area contributed by atoms with Crippen LogP contribution in [0.1, 0.15) is 32.8 Å². The Morgan fingerprint density at radius 2 is 1.48 bits per heavy atom. The van der Waals surface area contributed by atoms with Gasteiger partial charge in [0.1, 0.15) is 5.75 Å². The zero-order valence-corrected chi connectivity index (χ0v) is 15.5. The van der Waals surface area contributed by atoms with Crippen LogP contribution in [0.25, 0.3) is 0 Å². The summed E-state index contributed by atoms with van der Waals surface area (Å²) in [4.78, 5) is 11.9. The van der Waals surface area contributed by atoms with Crippen LogP contribution in [0.3, 0.4) is 0 Å². The van der Waals surface area contributed by atoms with Gasteiger partial charge in [0.05, 0.1) is 0 Å². The van der Waals surface area contributed by atoms with Crippen molar-refractivity contribution in [3.8, 4) is 5.75 Å². The highest BCUT2D eigenvalue weighted by molar-refractivity contribution is 5.91. The van der Waals surface area contributed by atoms with Crippen molar-refractivity contribution in [2.24, 2.45) is 5.41 Å². The molecule has 2 rings (SSSR count). The van der Waals surface area contributed by atoms with Crippen LogP contribution in [-0.4, -0.2) is 12.3 Å². The summed E-state index contributed by atoms with van der Waals surface area (Å²) in [5, 5.41) is 6.02. The summed E-state index contributed by atoms with van der Waals surface area (Å²) in [6.45, 7) is 6.45. The Morgan fingerprint density at radius 1 is 0.926 bits per heavy atom. The van der Waals surface area contributed by atoms with Gasteiger partial charge in [0.25, 0.3) is 0 Å². The number of alkyl halides is 3. The summed E-state index contributed by atoms with van der Waals surface area (Å²) in [5.74, 6) is -0.286. The third kappa shape index (κ3) is 8.02. The minimum absolute atomic E-state index is 0.0376. The molecule has 27 heavy (non-hydrogen) atoms. The second kappa shape index (κ2) is 8.33. The van der Waals surface area contributed by atoms with Gasteiger partial charge < -0.3 is 15.4 Å². The Balaban J connectivity index is 1.85. The van der Waals surface area contributed by atoms with Gasteiger partial charge in [0.2, 0.25) is 5.91 Å². The summed E-state index contributed by atoms with van der Waals surface area (Å²) in [6, 6.07) is 12.9. The van der Waals surface area contributed by atoms with Crippen LogP contribution < -0.4 is 15.4 Å². The molecule has 0 unspecified atom stereocenters. The van der Waals surface area contributed by atoms with Gasteiger partial charge in [-0.15, -0.1) is 13.2 Å². The Morgan fingerprint density at radius 3 is 2.00 bits per heavy atom. The fourth-order valence-corrected chi connectivity index (χ4v) is 2.37. The van der Waals surface area contributed by atoms with Gasteiger partial charge in [-0.3, -0.25) is 4.79 Å². The summed E-state index contributed by atoms with van der Waals surface area (Å²) in [7, 11) is 0. The van der Waals surface area contributed by atoms with Gasteiger partial charge in [0.15, 0.2) is 0 Å². The van der Waals surface area contributed by atoms with Gasteiger partial charge in [0, 0.05) is 24.3 Å². The van der Waals surface area contributed by atoms with Crippen molar-refractivity contribution in [2.75, 3.05) is 10.6 Å². The molecule has 0 saturated heterocycles. The fourth-order valence-electron chi connectivity index (χ4n) is 2.37. The van der Waals surface area contributed by atoms with E-state index >= 15 is 0 Å². The molecule has 146 valence electrons. The second-order valence-corrected chi connectivity index (χ2v) is 7.41. The van der Waals surface area contributed by atoms with Crippen molar-refractivity contribution in [1.29, 1.82) is 0 Å². The predicted molar refractivity (Wildman–Crippen MR) is 99.6 cm³/mol. The molecule has 0 aliphatic rings. The van der Waals surface area contributed by atoms with Crippen LogP contribution in [-0.2, 0) is 11.3 Å². The average molecular weight is 380 g/mol. The molecule has 2 N–H and O–H groups in total. The number of carbonyl (C=O) groups is 1. The molecule has 1 amide bonds. The van der Waals surface area contributed by atoms with Crippen LogP contribution in [0.5, 0.6) is 5.75 Å². The van der Waals surface area contributed by atoms with Crippen molar-refractivity contribution >= 4 is 17.3 Å². The minimum Gasteiger partial charge on any atom is -0.406 e. The molecular formula is C20H23F3N2O2. The zero-order valence-electron chi connectivity index (χ0n) is 15.5. The van der Waals surface area contributed by atoms with Crippen LogP contribution in [0.15, 0.2) is 48.5 Å². The van der Waals surface area contributed by atoms with Crippen molar-refractivity contribution < 1.29 is 22.7 Å². The van der Waals surface area contributed by atoms with Crippen molar-refractivity contribution in [2.45, 2.75) is 40.1 Å². The van der Waals surface area contributed by atoms with E-state index in [1.165, 1.54) is 12.1 Å². The summed E-state index contributed by atoms with van der Waals surface area (Å²) < 4.78 is 40.3. The van der Waals surface area contributed by atoms with E-state index in [1.807, 2.05) is 32.9 Å². The average Bonchev–Trinajstić information content (AvgIpc) is 2.52. The molecular weight excluding hydrogens is 357 g/mol. The molecule has 0 radical (unpaired) electrons. The van der Waals surface area contributed by atoms with E-state index in [2.05, 4.69) is 15.4 Å². The lowest BCUT2D eigenvalue weighted by atomic mass is 9.92. The maximum Gasteiger partial charge on any atom is 0.573 e. The fraction of sp³-hybridized carbons (Fsp3) is 0.350. The molecule has 0 aliphatic carbocycles. The Labute approximate surface area is 156 Å². The van der Waals surface area contributed by atoms with E-state index in [4.69, 9.17) is 0 Å². The van der Waals surface area contributed by atoms with E-state index < -0.39 is 6.36 Å². The van der Waals surface area contributed by atoms with E-state index in [9.17, 15) is 18.0 Å². The molecule has 0 aliphatic heterocycles. The second-order valence-electron chi connectivity index (χ2n) is 7.41. The maximum atomic E-state index is 12.1. The highest BCUT2D eigenvalue weighted by Crippen LogP contribution is 2.23. The number of hydrogen-bond donors (Lipinski definition) is 2. The standard InChI is InChI=1S/C20H23F3N2O2/c1-19(2,3)12-18(26)25-16-8-6-15(7-9-16)24-13-14-4-10-17(11-5-14)27-20(21,22)23/h4-11,24H,12-13H2,1-3H3,(H,25,26). The minimum atomic E-state index is -4.69. The van der Waals surface area contributed by atoms with Gasteiger partial charge in [-0.25, -0.2) is 0 Å². The number of amides is 1. The van der Waals surface area contributed by atoms with E-state index in [0.717, 1.165) is 11.3 Å². The number of benzene rings is 2. The normalized spacial score (nSPS) is 11.8. The Kier molecular flexibility index (Phi) is 6.36. The molecule has 4 nitrogen and oxygen atoms in total. The number of anilines is 2. The number of carbonyl (C=O) groups excluding carboxylic acids is 1. The first-order chi connectivity index (χ1) is 12.5. The predicted octanol–water partition coefficient (Wildman–Crippen LogP) is 5.57. The molecule has 0 bridgehead atoms. The number of rotatable bonds is 6. The summed E-state index contributed by atoms with van der Waals surface area (Å²) in [5.41, 5.74) is 2.28. The van der Waals surface area contributed by atoms with Crippen molar-refractivity contribution in [3.05, 3.63) is 54.1 Å². The SMILES string of the molecule is CC(C)(C)CC(=O)Nc1ccc(NCc2ccc(OC(F)(F)F)cc2)cc1. The summed E-state index contributed by atoms with van der Waals surface area (Å²) >= 11 is 0. The Hall–Kier alpha value is -2.70. The lowest BCUT2D eigenvalue weighted by Gasteiger charge is -2.17. The highest BCUT2D eigenvalue weighted by Gasteiger charge is 2.30. The van der Waals surface area contributed by atoms with E-state index in [1.54, 1.807) is 24.3 Å². The molecule has 0 heterocycles. The lowest BCUT2D eigenvalue weighted by Crippen LogP contribution is -2.19. The Bertz CT molecular complexity index is 749. The molecule has 7 heteroatoms. The van der Waals surface area contributed by atoms with Gasteiger partial charge in [-0.1, -0.05) is 32.9 Å². The molecule has 0 spiro atoms. The smallest absolute Gasteiger partial charge is 0.406 e. The number of hydrogen-bond acceptors (Lipinski definition) is 3.